The van der Waals surface area contributed by atoms with Crippen LogP contribution in [0.2, 0.25) is 0 Å². The number of likely N-dealkylation sites (tertiary alicyclic amines) is 1. The standard InChI is InChI=1S/C17H22N2O/c18-17(16-7-4-12-20-16)15-8-10-19(11-9-15)13-14-5-2-1-3-6-14/h1-7,12,15,17H,8-11,13,18H2. The van der Waals surface area contributed by atoms with Crippen molar-refractivity contribution in [3.05, 3.63) is 60.1 Å². The van der Waals surface area contributed by atoms with Crippen molar-refractivity contribution >= 4 is 0 Å². The zero-order valence-corrected chi connectivity index (χ0v) is 11.7. The summed E-state index contributed by atoms with van der Waals surface area (Å²) in [7, 11) is 0. The van der Waals surface area contributed by atoms with Crippen LogP contribution in [0.25, 0.3) is 0 Å². The van der Waals surface area contributed by atoms with Gasteiger partial charge in [0.25, 0.3) is 0 Å². The molecule has 2 aromatic rings. The molecule has 2 heterocycles. The monoisotopic (exact) mass is 270 g/mol. The number of rotatable bonds is 4. The minimum atomic E-state index is 0.0453. The van der Waals surface area contributed by atoms with Gasteiger partial charge in [-0.15, -0.1) is 0 Å². The van der Waals surface area contributed by atoms with Crippen LogP contribution in [0.4, 0.5) is 0 Å². The minimum Gasteiger partial charge on any atom is -0.468 e. The Labute approximate surface area is 120 Å². The number of hydrogen-bond donors (Lipinski definition) is 1. The fourth-order valence-corrected chi connectivity index (χ4v) is 3.03. The van der Waals surface area contributed by atoms with E-state index in [2.05, 4.69) is 35.2 Å². The number of furan rings is 1. The van der Waals surface area contributed by atoms with Gasteiger partial charge in [-0.05, 0) is 49.5 Å². The summed E-state index contributed by atoms with van der Waals surface area (Å²) in [5, 5.41) is 0. The Morgan fingerprint density at radius 2 is 1.85 bits per heavy atom. The summed E-state index contributed by atoms with van der Waals surface area (Å²) in [6, 6.07) is 14.6. The average Bonchev–Trinajstić information content (AvgIpc) is 3.03. The molecule has 106 valence electrons. The van der Waals surface area contributed by atoms with Gasteiger partial charge in [0.2, 0.25) is 0 Å². The third-order valence-electron chi connectivity index (χ3n) is 4.26. The minimum absolute atomic E-state index is 0.0453. The first-order valence-corrected chi connectivity index (χ1v) is 7.38. The van der Waals surface area contributed by atoms with Crippen molar-refractivity contribution in [2.45, 2.75) is 25.4 Å². The lowest BCUT2D eigenvalue weighted by Gasteiger charge is -2.34. The summed E-state index contributed by atoms with van der Waals surface area (Å²) in [6.07, 6.45) is 4.00. The van der Waals surface area contributed by atoms with Gasteiger partial charge in [-0.3, -0.25) is 4.90 Å². The first-order valence-electron chi connectivity index (χ1n) is 7.38. The molecule has 1 atom stereocenters. The fourth-order valence-electron chi connectivity index (χ4n) is 3.03. The van der Waals surface area contributed by atoms with E-state index < -0.39 is 0 Å². The molecule has 0 bridgehead atoms. The highest BCUT2D eigenvalue weighted by atomic mass is 16.3. The highest BCUT2D eigenvalue weighted by Crippen LogP contribution is 2.29. The smallest absolute Gasteiger partial charge is 0.120 e. The zero-order chi connectivity index (χ0) is 13.8. The van der Waals surface area contributed by atoms with Crippen molar-refractivity contribution in [2.24, 2.45) is 11.7 Å². The van der Waals surface area contributed by atoms with E-state index in [4.69, 9.17) is 10.2 Å². The van der Waals surface area contributed by atoms with Crippen molar-refractivity contribution in [2.75, 3.05) is 13.1 Å². The summed E-state index contributed by atoms with van der Waals surface area (Å²) in [4.78, 5) is 2.51. The molecule has 0 radical (unpaired) electrons. The van der Waals surface area contributed by atoms with Gasteiger partial charge in [0, 0.05) is 6.54 Å². The van der Waals surface area contributed by atoms with Crippen LogP contribution >= 0.6 is 0 Å². The Balaban J connectivity index is 1.52. The summed E-state index contributed by atoms with van der Waals surface area (Å²) in [5.74, 6) is 1.46. The van der Waals surface area contributed by atoms with Gasteiger partial charge in [-0.1, -0.05) is 30.3 Å². The third kappa shape index (κ3) is 3.11. The predicted octanol–water partition coefficient (Wildman–Crippen LogP) is 3.19. The molecule has 2 N–H and O–H groups in total. The molecule has 0 spiro atoms. The number of benzene rings is 1. The summed E-state index contributed by atoms with van der Waals surface area (Å²) in [5.41, 5.74) is 7.69. The molecule has 1 aromatic carbocycles. The van der Waals surface area contributed by atoms with E-state index in [0.29, 0.717) is 5.92 Å². The average molecular weight is 270 g/mol. The lowest BCUT2D eigenvalue weighted by atomic mass is 9.88. The van der Waals surface area contributed by atoms with E-state index in [-0.39, 0.29) is 6.04 Å². The maximum Gasteiger partial charge on any atom is 0.120 e. The van der Waals surface area contributed by atoms with Crippen LogP contribution in [0.1, 0.15) is 30.2 Å². The molecule has 1 fully saturated rings. The lowest BCUT2D eigenvalue weighted by Crippen LogP contribution is -2.37. The van der Waals surface area contributed by atoms with Crippen LogP contribution in [0.3, 0.4) is 0 Å². The highest BCUT2D eigenvalue weighted by Gasteiger charge is 2.26. The van der Waals surface area contributed by atoms with Crippen molar-refractivity contribution in [1.82, 2.24) is 4.90 Å². The first kappa shape index (κ1) is 13.4. The predicted molar refractivity (Wildman–Crippen MR) is 80.1 cm³/mol. The van der Waals surface area contributed by atoms with E-state index >= 15 is 0 Å². The molecular formula is C17H22N2O. The Hall–Kier alpha value is -1.58. The van der Waals surface area contributed by atoms with E-state index in [1.807, 2.05) is 12.1 Å². The van der Waals surface area contributed by atoms with E-state index in [1.54, 1.807) is 6.26 Å². The van der Waals surface area contributed by atoms with Crippen molar-refractivity contribution in [3.8, 4) is 0 Å². The topological polar surface area (TPSA) is 42.4 Å². The quantitative estimate of drug-likeness (QED) is 0.927. The number of nitrogens with two attached hydrogens (primary N) is 1. The van der Waals surface area contributed by atoms with Gasteiger partial charge in [0.05, 0.1) is 12.3 Å². The van der Waals surface area contributed by atoms with Crippen LogP contribution in [0.15, 0.2) is 53.1 Å². The van der Waals surface area contributed by atoms with Crippen LogP contribution in [-0.2, 0) is 6.54 Å². The second-order valence-corrected chi connectivity index (χ2v) is 5.64. The normalized spacial score (nSPS) is 19.1. The first-order chi connectivity index (χ1) is 9.83. The third-order valence-corrected chi connectivity index (χ3v) is 4.26. The number of hydrogen-bond acceptors (Lipinski definition) is 3. The van der Waals surface area contributed by atoms with Crippen molar-refractivity contribution < 1.29 is 4.42 Å². The molecule has 0 aliphatic carbocycles. The van der Waals surface area contributed by atoms with Crippen molar-refractivity contribution in [1.29, 1.82) is 0 Å². The lowest BCUT2D eigenvalue weighted by molar-refractivity contribution is 0.156. The highest BCUT2D eigenvalue weighted by molar-refractivity contribution is 5.14. The van der Waals surface area contributed by atoms with Crippen LogP contribution in [0.5, 0.6) is 0 Å². The largest absolute Gasteiger partial charge is 0.468 e. The molecule has 3 rings (SSSR count). The molecule has 0 saturated carbocycles. The molecule has 1 saturated heterocycles. The molecule has 1 unspecified atom stereocenters. The summed E-state index contributed by atoms with van der Waals surface area (Å²) < 4.78 is 5.43. The molecule has 20 heavy (non-hydrogen) atoms. The van der Waals surface area contributed by atoms with Crippen LogP contribution in [0, 0.1) is 5.92 Å². The molecule has 1 aliphatic heterocycles. The van der Waals surface area contributed by atoms with Crippen LogP contribution in [-0.4, -0.2) is 18.0 Å². The second-order valence-electron chi connectivity index (χ2n) is 5.64. The maximum atomic E-state index is 6.30. The van der Waals surface area contributed by atoms with Gasteiger partial charge >= 0.3 is 0 Å². The van der Waals surface area contributed by atoms with Gasteiger partial charge in [0.1, 0.15) is 5.76 Å². The molecule has 3 nitrogen and oxygen atoms in total. The SMILES string of the molecule is NC(c1ccco1)C1CCN(Cc2ccccc2)CC1. The van der Waals surface area contributed by atoms with Crippen LogP contribution < -0.4 is 5.73 Å². The summed E-state index contributed by atoms with van der Waals surface area (Å²) in [6.45, 7) is 3.28. The molecule has 1 aliphatic rings. The Morgan fingerprint density at radius 1 is 1.10 bits per heavy atom. The van der Waals surface area contributed by atoms with Gasteiger partial charge in [-0.2, -0.15) is 0 Å². The molecule has 3 heteroatoms. The van der Waals surface area contributed by atoms with Crippen molar-refractivity contribution in [3.63, 3.8) is 0 Å². The fraction of sp³-hybridized carbons (Fsp3) is 0.412. The number of nitrogens with zero attached hydrogens (tertiary/aromatic N) is 1. The van der Waals surface area contributed by atoms with Gasteiger partial charge < -0.3 is 10.2 Å². The van der Waals surface area contributed by atoms with Gasteiger partial charge in [-0.25, -0.2) is 0 Å². The zero-order valence-electron chi connectivity index (χ0n) is 11.7. The van der Waals surface area contributed by atoms with E-state index in [9.17, 15) is 0 Å². The Kier molecular flexibility index (Phi) is 4.19. The number of piperidine rings is 1. The van der Waals surface area contributed by atoms with E-state index in [0.717, 1.165) is 38.2 Å². The molecule has 1 aromatic heterocycles. The molecule has 0 amide bonds. The molecular weight excluding hydrogens is 248 g/mol. The Morgan fingerprint density at radius 3 is 2.50 bits per heavy atom. The summed E-state index contributed by atoms with van der Waals surface area (Å²) >= 11 is 0. The Bertz CT molecular complexity index is 501. The van der Waals surface area contributed by atoms with E-state index in [1.165, 1.54) is 5.56 Å². The maximum absolute atomic E-state index is 6.30. The van der Waals surface area contributed by atoms with Gasteiger partial charge in [0.15, 0.2) is 0 Å². The second kappa shape index (κ2) is 6.25.